The lowest BCUT2D eigenvalue weighted by Gasteiger charge is -2.34. The van der Waals surface area contributed by atoms with Gasteiger partial charge in [-0.25, -0.2) is 5.43 Å². The molecule has 0 atom stereocenters. The van der Waals surface area contributed by atoms with Crippen LogP contribution in [0.3, 0.4) is 0 Å². The second kappa shape index (κ2) is 9.27. The number of hydrazone groups is 1. The third-order valence-corrected chi connectivity index (χ3v) is 4.56. The molecule has 1 saturated heterocycles. The Morgan fingerprint density at radius 3 is 2.35 bits per heavy atom. The smallest absolute Gasteiger partial charge is 0.254 e. The summed E-state index contributed by atoms with van der Waals surface area (Å²) in [5.41, 5.74) is 6.14. The van der Waals surface area contributed by atoms with Gasteiger partial charge in [0, 0.05) is 32.7 Å². The van der Waals surface area contributed by atoms with Crippen LogP contribution in [0, 0.1) is 6.92 Å². The van der Waals surface area contributed by atoms with Gasteiger partial charge in [0.15, 0.2) is 0 Å². The predicted molar refractivity (Wildman–Crippen MR) is 105 cm³/mol. The molecule has 0 spiro atoms. The molecule has 0 bridgehead atoms. The molecule has 0 radical (unpaired) electrons. The SMILES string of the molecule is Cc1ccc(/C=N\NC(=O)CN2CCN(Cc3ccccc3)CC2)cc1. The minimum atomic E-state index is -0.0649. The maximum Gasteiger partial charge on any atom is 0.254 e. The lowest BCUT2D eigenvalue weighted by molar-refractivity contribution is -0.122. The number of carbonyl (C=O) groups excluding carboxylic acids is 1. The molecule has 1 aliphatic rings. The molecule has 1 N–H and O–H groups in total. The number of hydrogen-bond donors (Lipinski definition) is 1. The van der Waals surface area contributed by atoms with Crippen LogP contribution in [0.15, 0.2) is 59.7 Å². The van der Waals surface area contributed by atoms with Gasteiger partial charge in [-0.3, -0.25) is 14.6 Å². The van der Waals surface area contributed by atoms with Crippen LogP contribution in [0.2, 0.25) is 0 Å². The Labute approximate surface area is 155 Å². The molecule has 26 heavy (non-hydrogen) atoms. The summed E-state index contributed by atoms with van der Waals surface area (Å²) in [5, 5.41) is 4.05. The van der Waals surface area contributed by atoms with Crippen LogP contribution >= 0.6 is 0 Å². The lowest BCUT2D eigenvalue weighted by atomic mass is 10.2. The van der Waals surface area contributed by atoms with E-state index in [1.165, 1.54) is 11.1 Å². The summed E-state index contributed by atoms with van der Waals surface area (Å²) in [6.07, 6.45) is 1.68. The summed E-state index contributed by atoms with van der Waals surface area (Å²) in [5.74, 6) is -0.0649. The van der Waals surface area contributed by atoms with Crippen LogP contribution < -0.4 is 5.43 Å². The summed E-state index contributed by atoms with van der Waals surface area (Å²) in [6, 6.07) is 18.5. The van der Waals surface area contributed by atoms with E-state index in [4.69, 9.17) is 0 Å². The van der Waals surface area contributed by atoms with Crippen molar-refractivity contribution in [1.82, 2.24) is 15.2 Å². The molecule has 1 fully saturated rings. The van der Waals surface area contributed by atoms with E-state index in [0.29, 0.717) is 6.54 Å². The van der Waals surface area contributed by atoms with E-state index in [-0.39, 0.29) is 5.91 Å². The molecular formula is C21H26N4O. The summed E-state index contributed by atoms with van der Waals surface area (Å²) < 4.78 is 0. The van der Waals surface area contributed by atoms with Crippen LogP contribution in [-0.2, 0) is 11.3 Å². The molecule has 5 nitrogen and oxygen atoms in total. The van der Waals surface area contributed by atoms with Crippen LogP contribution in [0.5, 0.6) is 0 Å². The molecule has 5 heteroatoms. The Morgan fingerprint density at radius 1 is 1.00 bits per heavy atom. The van der Waals surface area contributed by atoms with Crippen molar-refractivity contribution in [1.29, 1.82) is 0 Å². The van der Waals surface area contributed by atoms with Crippen molar-refractivity contribution in [2.75, 3.05) is 32.7 Å². The van der Waals surface area contributed by atoms with E-state index < -0.39 is 0 Å². The largest absolute Gasteiger partial charge is 0.297 e. The number of aryl methyl sites for hydroxylation is 1. The number of hydrogen-bond acceptors (Lipinski definition) is 4. The monoisotopic (exact) mass is 350 g/mol. The van der Waals surface area contributed by atoms with Gasteiger partial charge in [-0.2, -0.15) is 5.10 Å². The number of nitrogens with one attached hydrogen (secondary N) is 1. The quantitative estimate of drug-likeness (QED) is 0.642. The van der Waals surface area contributed by atoms with Gasteiger partial charge in [0.25, 0.3) is 5.91 Å². The zero-order valence-corrected chi connectivity index (χ0v) is 15.3. The summed E-state index contributed by atoms with van der Waals surface area (Å²) in [7, 11) is 0. The van der Waals surface area contributed by atoms with Crippen molar-refractivity contribution in [2.24, 2.45) is 5.10 Å². The molecule has 1 aliphatic heterocycles. The van der Waals surface area contributed by atoms with Crippen molar-refractivity contribution in [2.45, 2.75) is 13.5 Å². The fraction of sp³-hybridized carbons (Fsp3) is 0.333. The van der Waals surface area contributed by atoms with E-state index in [2.05, 4.69) is 44.6 Å². The summed E-state index contributed by atoms with van der Waals surface area (Å²) in [6.45, 7) is 7.18. The molecule has 1 heterocycles. The van der Waals surface area contributed by atoms with Gasteiger partial charge in [-0.15, -0.1) is 0 Å². The average molecular weight is 350 g/mol. The first kappa shape index (κ1) is 18.3. The highest BCUT2D eigenvalue weighted by Gasteiger charge is 2.18. The van der Waals surface area contributed by atoms with Gasteiger partial charge in [-0.05, 0) is 18.1 Å². The zero-order chi connectivity index (χ0) is 18.2. The van der Waals surface area contributed by atoms with E-state index in [0.717, 1.165) is 38.3 Å². The number of benzene rings is 2. The Kier molecular flexibility index (Phi) is 6.52. The standard InChI is InChI=1S/C21H26N4O/c1-18-7-9-19(10-8-18)15-22-23-21(26)17-25-13-11-24(12-14-25)16-20-5-3-2-4-6-20/h2-10,15H,11-14,16-17H2,1H3,(H,23,26)/b22-15-. The zero-order valence-electron chi connectivity index (χ0n) is 15.3. The normalized spacial score (nSPS) is 16.0. The number of piperazine rings is 1. The predicted octanol–water partition coefficient (Wildman–Crippen LogP) is 2.26. The van der Waals surface area contributed by atoms with Crippen molar-refractivity contribution >= 4 is 12.1 Å². The second-order valence-electron chi connectivity index (χ2n) is 6.74. The van der Waals surface area contributed by atoms with Gasteiger partial charge in [-0.1, -0.05) is 60.2 Å². The first-order valence-corrected chi connectivity index (χ1v) is 9.06. The van der Waals surface area contributed by atoms with Gasteiger partial charge in [0.2, 0.25) is 0 Å². The van der Waals surface area contributed by atoms with Crippen LogP contribution in [-0.4, -0.2) is 54.6 Å². The maximum absolute atomic E-state index is 12.0. The fourth-order valence-corrected chi connectivity index (χ4v) is 3.02. The number of carbonyl (C=O) groups is 1. The highest BCUT2D eigenvalue weighted by atomic mass is 16.2. The number of rotatable bonds is 6. The molecule has 3 rings (SSSR count). The first-order valence-electron chi connectivity index (χ1n) is 9.06. The Balaban J connectivity index is 1.37. The Hall–Kier alpha value is -2.50. The molecule has 0 aromatic heterocycles. The second-order valence-corrected chi connectivity index (χ2v) is 6.74. The molecule has 0 saturated carbocycles. The van der Waals surface area contributed by atoms with Crippen LogP contribution in [0.4, 0.5) is 0 Å². The molecule has 1 amide bonds. The first-order chi connectivity index (χ1) is 12.7. The average Bonchev–Trinajstić information content (AvgIpc) is 2.66. The van der Waals surface area contributed by atoms with Crippen molar-refractivity contribution in [3.05, 3.63) is 71.3 Å². The number of nitrogens with zero attached hydrogens (tertiary/aromatic N) is 3. The molecule has 0 unspecified atom stereocenters. The van der Waals surface area contributed by atoms with E-state index in [9.17, 15) is 4.79 Å². The van der Waals surface area contributed by atoms with E-state index in [1.54, 1.807) is 6.21 Å². The summed E-state index contributed by atoms with van der Waals surface area (Å²) in [4.78, 5) is 16.7. The van der Waals surface area contributed by atoms with E-state index in [1.807, 2.05) is 37.3 Å². The maximum atomic E-state index is 12.0. The Morgan fingerprint density at radius 2 is 1.65 bits per heavy atom. The number of amides is 1. The van der Waals surface area contributed by atoms with Gasteiger partial charge in [0.05, 0.1) is 12.8 Å². The third kappa shape index (κ3) is 5.79. The summed E-state index contributed by atoms with van der Waals surface area (Å²) >= 11 is 0. The third-order valence-electron chi connectivity index (χ3n) is 4.56. The topological polar surface area (TPSA) is 47.9 Å². The lowest BCUT2D eigenvalue weighted by Crippen LogP contribution is -2.48. The van der Waals surface area contributed by atoms with Crippen molar-refractivity contribution in [3.63, 3.8) is 0 Å². The van der Waals surface area contributed by atoms with Gasteiger partial charge in [0.1, 0.15) is 0 Å². The highest BCUT2D eigenvalue weighted by molar-refractivity contribution is 5.83. The molecule has 136 valence electrons. The highest BCUT2D eigenvalue weighted by Crippen LogP contribution is 2.08. The van der Waals surface area contributed by atoms with Crippen LogP contribution in [0.25, 0.3) is 0 Å². The molecular weight excluding hydrogens is 324 g/mol. The van der Waals surface area contributed by atoms with Gasteiger partial charge < -0.3 is 0 Å². The fourth-order valence-electron chi connectivity index (χ4n) is 3.02. The minimum Gasteiger partial charge on any atom is -0.297 e. The van der Waals surface area contributed by atoms with Crippen molar-refractivity contribution in [3.8, 4) is 0 Å². The van der Waals surface area contributed by atoms with E-state index >= 15 is 0 Å². The Bertz CT molecular complexity index is 719. The van der Waals surface area contributed by atoms with Crippen molar-refractivity contribution < 1.29 is 4.79 Å². The molecule has 0 aliphatic carbocycles. The molecule has 2 aromatic rings. The molecule has 2 aromatic carbocycles. The van der Waals surface area contributed by atoms with Gasteiger partial charge >= 0.3 is 0 Å². The van der Waals surface area contributed by atoms with Crippen LogP contribution in [0.1, 0.15) is 16.7 Å². The minimum absolute atomic E-state index is 0.0649.